The van der Waals surface area contributed by atoms with Crippen LogP contribution < -0.4 is 0 Å². The Hall–Kier alpha value is -1.67. The quantitative estimate of drug-likeness (QED) is 0.0147. The second kappa shape index (κ2) is 36.8. The van der Waals surface area contributed by atoms with Crippen LogP contribution in [-0.2, 0) is 32.7 Å². The number of unbranched alkanes of at least 4 members (excludes halogenated alkanes) is 23. The number of phosphoric ester groups is 1. The molecule has 0 bridgehead atoms. The number of esters is 2. The number of carbonyl (C=O) groups excluding carboxylic acids is 2. The highest BCUT2D eigenvalue weighted by Gasteiger charge is 2.51. The molecule has 0 spiro atoms. The van der Waals surface area contributed by atoms with Gasteiger partial charge in [0.1, 0.15) is 43.2 Å². The molecular weight excluding hydrogens is 791 g/mol. The standard InChI is InChI=1S/C46H85O13P/c1-3-5-7-9-11-13-15-17-18-19-20-21-23-24-26-28-30-32-34-39(47)56-36-38(37-57-60(54,55)59-46-44(52)42(50)41(49)43(51)45(46)53)58-40(48)35-33-31-29-27-25-22-16-14-12-10-8-6-4-2/h22,25,29,31,38,41-46,49-53H,3-21,23-24,26-28,30,32-37H2,1-2H3,(H,54,55)/b25-22+,31-29+/t38?,41?,42-,43?,44?,45?,46?/m0/s1. The summed E-state index contributed by atoms with van der Waals surface area (Å²) in [4.78, 5) is 35.6. The highest BCUT2D eigenvalue weighted by Crippen LogP contribution is 2.47. The van der Waals surface area contributed by atoms with Gasteiger partial charge in [-0.25, -0.2) is 4.57 Å². The van der Waals surface area contributed by atoms with Gasteiger partial charge < -0.3 is 39.9 Å². The summed E-state index contributed by atoms with van der Waals surface area (Å²) in [7, 11) is -5.13. The Kier molecular flexibility index (Phi) is 34.5. The molecule has 1 fully saturated rings. The van der Waals surface area contributed by atoms with Gasteiger partial charge in [-0.1, -0.05) is 179 Å². The number of hydrogen-bond acceptors (Lipinski definition) is 12. The van der Waals surface area contributed by atoms with Crippen molar-refractivity contribution in [3.8, 4) is 0 Å². The lowest BCUT2D eigenvalue weighted by molar-refractivity contribution is -0.220. The Balaban J connectivity index is 2.45. The molecule has 7 unspecified atom stereocenters. The van der Waals surface area contributed by atoms with Crippen LogP contribution in [0.5, 0.6) is 0 Å². The number of ether oxygens (including phenoxy) is 2. The maximum absolute atomic E-state index is 12.8. The van der Waals surface area contributed by atoms with E-state index in [1.54, 1.807) is 0 Å². The van der Waals surface area contributed by atoms with Crippen LogP contribution in [0.2, 0.25) is 0 Å². The van der Waals surface area contributed by atoms with Crippen LogP contribution >= 0.6 is 7.82 Å². The molecule has 13 nitrogen and oxygen atoms in total. The van der Waals surface area contributed by atoms with E-state index < -0.39 is 75.7 Å². The summed E-state index contributed by atoms with van der Waals surface area (Å²) in [5, 5.41) is 50.1. The number of carbonyl (C=O) groups is 2. The van der Waals surface area contributed by atoms with Crippen LogP contribution in [0.15, 0.2) is 24.3 Å². The van der Waals surface area contributed by atoms with Gasteiger partial charge in [0.2, 0.25) is 0 Å². The van der Waals surface area contributed by atoms with Gasteiger partial charge in [-0.15, -0.1) is 0 Å². The van der Waals surface area contributed by atoms with Gasteiger partial charge in [0, 0.05) is 12.8 Å². The lowest BCUT2D eigenvalue weighted by Crippen LogP contribution is -2.64. The van der Waals surface area contributed by atoms with Gasteiger partial charge >= 0.3 is 19.8 Å². The molecule has 14 heteroatoms. The van der Waals surface area contributed by atoms with Crippen molar-refractivity contribution in [1.82, 2.24) is 0 Å². The van der Waals surface area contributed by atoms with Crippen molar-refractivity contribution in [3.05, 3.63) is 24.3 Å². The van der Waals surface area contributed by atoms with Crippen LogP contribution in [0, 0.1) is 0 Å². The topological polar surface area (TPSA) is 210 Å². The third-order valence-corrected chi connectivity index (χ3v) is 12.0. The van der Waals surface area contributed by atoms with Crippen LogP contribution in [0.25, 0.3) is 0 Å². The lowest BCUT2D eigenvalue weighted by atomic mass is 9.85. The zero-order valence-electron chi connectivity index (χ0n) is 37.3. The second-order valence-corrected chi connectivity index (χ2v) is 18.0. The number of phosphoric acid groups is 1. The average molecular weight is 877 g/mol. The fourth-order valence-corrected chi connectivity index (χ4v) is 8.20. The minimum atomic E-state index is -5.13. The molecule has 0 aromatic rings. The van der Waals surface area contributed by atoms with Gasteiger partial charge in [0.05, 0.1) is 6.61 Å². The largest absolute Gasteiger partial charge is 0.472 e. The van der Waals surface area contributed by atoms with Crippen molar-refractivity contribution in [2.45, 2.75) is 243 Å². The Labute approximate surface area is 362 Å². The van der Waals surface area contributed by atoms with E-state index in [0.29, 0.717) is 12.8 Å². The number of hydrogen-bond donors (Lipinski definition) is 6. The lowest BCUT2D eigenvalue weighted by Gasteiger charge is -2.41. The summed E-state index contributed by atoms with van der Waals surface area (Å²) in [6, 6.07) is 0. The molecule has 6 N–H and O–H groups in total. The molecular formula is C46H85O13P. The Bertz CT molecular complexity index is 1150. The third kappa shape index (κ3) is 28.8. The molecule has 1 aliphatic rings. The molecule has 1 rings (SSSR count). The van der Waals surface area contributed by atoms with Gasteiger partial charge in [-0.2, -0.15) is 0 Å². The minimum absolute atomic E-state index is 0.00637. The van der Waals surface area contributed by atoms with E-state index in [1.807, 2.05) is 12.2 Å². The first-order chi connectivity index (χ1) is 28.9. The summed E-state index contributed by atoms with van der Waals surface area (Å²) in [6.45, 7) is 3.25. The number of aliphatic hydroxyl groups is 5. The SMILES string of the molecule is CCCCCCCC/C=C/C/C=C/CCC(=O)OC(COC(=O)CCCCCCCCCCCCCCCCCCCC)COP(=O)(O)OC1C(O)C(O)C(O)[C@H](O)C1O. The average Bonchev–Trinajstić information content (AvgIpc) is 3.23. The van der Waals surface area contributed by atoms with E-state index in [2.05, 4.69) is 26.0 Å². The first kappa shape index (κ1) is 56.3. The molecule has 0 aromatic carbocycles. The van der Waals surface area contributed by atoms with E-state index in [0.717, 1.165) is 32.1 Å². The highest BCUT2D eigenvalue weighted by atomic mass is 31.2. The van der Waals surface area contributed by atoms with Crippen molar-refractivity contribution < 1.29 is 63.1 Å². The molecule has 352 valence electrons. The summed E-state index contributed by atoms with van der Waals surface area (Å²) < 4.78 is 33.4. The maximum atomic E-state index is 12.8. The van der Waals surface area contributed by atoms with Crippen LogP contribution in [-0.4, -0.2) is 98.3 Å². The molecule has 0 aromatic heterocycles. The van der Waals surface area contributed by atoms with Crippen molar-refractivity contribution in [2.24, 2.45) is 0 Å². The van der Waals surface area contributed by atoms with Crippen molar-refractivity contribution in [3.63, 3.8) is 0 Å². The molecule has 0 saturated heterocycles. The summed E-state index contributed by atoms with van der Waals surface area (Å²) in [6.07, 6.45) is 26.8. The number of aliphatic hydroxyl groups excluding tert-OH is 5. The second-order valence-electron chi connectivity index (χ2n) is 16.6. The normalized spacial score (nSPS) is 22.3. The smallest absolute Gasteiger partial charge is 0.462 e. The molecule has 1 saturated carbocycles. The predicted octanol–water partition coefficient (Wildman–Crippen LogP) is 9.23. The first-order valence-corrected chi connectivity index (χ1v) is 25.1. The molecule has 0 aliphatic heterocycles. The monoisotopic (exact) mass is 877 g/mol. The molecule has 0 heterocycles. The van der Waals surface area contributed by atoms with Gasteiger partial charge in [-0.3, -0.25) is 18.6 Å². The fourth-order valence-electron chi connectivity index (χ4n) is 7.22. The fraction of sp³-hybridized carbons (Fsp3) is 0.870. The van der Waals surface area contributed by atoms with Gasteiger partial charge in [-0.05, 0) is 32.1 Å². The molecule has 8 atom stereocenters. The van der Waals surface area contributed by atoms with E-state index in [4.69, 9.17) is 18.5 Å². The summed E-state index contributed by atoms with van der Waals surface area (Å²) in [5.74, 6) is -1.17. The molecule has 0 amide bonds. The van der Waals surface area contributed by atoms with Crippen molar-refractivity contribution in [2.75, 3.05) is 13.2 Å². The Morgan fingerprint density at radius 3 is 1.42 bits per heavy atom. The maximum Gasteiger partial charge on any atom is 0.472 e. The zero-order chi connectivity index (χ0) is 44.3. The van der Waals surface area contributed by atoms with Crippen molar-refractivity contribution >= 4 is 19.8 Å². The third-order valence-electron chi connectivity index (χ3n) is 11.1. The highest BCUT2D eigenvalue weighted by molar-refractivity contribution is 7.47. The Morgan fingerprint density at radius 1 is 0.517 bits per heavy atom. The van der Waals surface area contributed by atoms with Crippen molar-refractivity contribution in [1.29, 1.82) is 0 Å². The van der Waals surface area contributed by atoms with Gasteiger partial charge in [0.15, 0.2) is 6.10 Å². The number of allylic oxidation sites excluding steroid dienone is 4. The van der Waals surface area contributed by atoms with E-state index in [-0.39, 0.29) is 12.8 Å². The predicted molar refractivity (Wildman–Crippen MR) is 235 cm³/mol. The van der Waals surface area contributed by atoms with Crippen LogP contribution in [0.1, 0.15) is 200 Å². The molecule has 0 radical (unpaired) electrons. The number of rotatable bonds is 39. The van der Waals surface area contributed by atoms with Crippen LogP contribution in [0.4, 0.5) is 0 Å². The molecule has 60 heavy (non-hydrogen) atoms. The van der Waals surface area contributed by atoms with E-state index in [9.17, 15) is 44.6 Å². The van der Waals surface area contributed by atoms with Gasteiger partial charge in [0.25, 0.3) is 0 Å². The van der Waals surface area contributed by atoms with E-state index in [1.165, 1.54) is 128 Å². The zero-order valence-corrected chi connectivity index (χ0v) is 38.2. The Morgan fingerprint density at radius 2 is 0.933 bits per heavy atom. The summed E-state index contributed by atoms with van der Waals surface area (Å²) >= 11 is 0. The summed E-state index contributed by atoms with van der Waals surface area (Å²) in [5.41, 5.74) is 0. The molecule has 1 aliphatic carbocycles. The van der Waals surface area contributed by atoms with E-state index >= 15 is 0 Å². The first-order valence-electron chi connectivity index (χ1n) is 23.6. The van der Waals surface area contributed by atoms with Crippen LogP contribution in [0.3, 0.4) is 0 Å². The minimum Gasteiger partial charge on any atom is -0.462 e.